The van der Waals surface area contributed by atoms with Crippen LogP contribution in [0.2, 0.25) is 0 Å². The Kier molecular flexibility index (Phi) is 5.67. The number of anilines is 1. The van der Waals surface area contributed by atoms with E-state index in [0.29, 0.717) is 18.0 Å². The van der Waals surface area contributed by atoms with Gasteiger partial charge in [0, 0.05) is 23.7 Å². The molecule has 6 nitrogen and oxygen atoms in total. The van der Waals surface area contributed by atoms with Crippen molar-refractivity contribution >= 4 is 23.2 Å². The van der Waals surface area contributed by atoms with Gasteiger partial charge in [-0.3, -0.25) is 4.79 Å². The van der Waals surface area contributed by atoms with E-state index < -0.39 is 0 Å². The molecular formula is C22H27FN4O2. The molecule has 2 N–H and O–H groups in total. The summed E-state index contributed by atoms with van der Waals surface area (Å²) in [5.41, 5.74) is 3.03. The summed E-state index contributed by atoms with van der Waals surface area (Å²) in [4.78, 5) is 22.5. The summed E-state index contributed by atoms with van der Waals surface area (Å²) in [6, 6.07) is 5.64. The third-order valence-corrected chi connectivity index (χ3v) is 5.44. The van der Waals surface area contributed by atoms with Crippen molar-refractivity contribution in [1.29, 1.82) is 0 Å². The number of imidazole rings is 1. The molecule has 2 aliphatic heterocycles. The largest absolute Gasteiger partial charge is 0.491 e. The Morgan fingerprint density at radius 3 is 2.86 bits per heavy atom. The number of aromatic amines is 1. The van der Waals surface area contributed by atoms with Crippen LogP contribution in [0, 0.1) is 0 Å². The van der Waals surface area contributed by atoms with Gasteiger partial charge in [-0.15, -0.1) is 0 Å². The standard InChI is InChI=1S/C22H27FN4O2/c1-14(2)29-17-3-4-20-18(12-17)19(22(28)26-20)11-16-13-24-21(25-16)15-5-8-27(9-6-15)10-7-23/h3-4,11-15H,5-10H2,1-2H3,(H,24,25)(H,26,28). The van der Waals surface area contributed by atoms with Gasteiger partial charge in [0.1, 0.15) is 18.2 Å². The molecule has 1 amide bonds. The summed E-state index contributed by atoms with van der Waals surface area (Å²) < 4.78 is 18.3. The van der Waals surface area contributed by atoms with Crippen LogP contribution in [0.25, 0.3) is 11.6 Å². The molecule has 2 aliphatic rings. The fraction of sp³-hybridized carbons (Fsp3) is 0.455. The number of fused-ring (bicyclic) bond motifs is 1. The number of amides is 1. The summed E-state index contributed by atoms with van der Waals surface area (Å²) in [6.45, 7) is 5.94. The van der Waals surface area contributed by atoms with Crippen LogP contribution in [0.15, 0.2) is 24.4 Å². The molecule has 29 heavy (non-hydrogen) atoms. The Balaban J connectivity index is 1.52. The molecular weight excluding hydrogens is 371 g/mol. The maximum atomic E-state index is 12.5. The first kappa shape index (κ1) is 19.6. The van der Waals surface area contributed by atoms with Crippen molar-refractivity contribution in [2.24, 2.45) is 0 Å². The Labute approximate surface area is 170 Å². The highest BCUT2D eigenvalue weighted by molar-refractivity contribution is 6.34. The monoisotopic (exact) mass is 398 g/mol. The lowest BCUT2D eigenvalue weighted by molar-refractivity contribution is -0.110. The molecule has 0 saturated carbocycles. The van der Waals surface area contributed by atoms with Crippen LogP contribution in [0.1, 0.15) is 49.7 Å². The van der Waals surface area contributed by atoms with Crippen molar-refractivity contribution in [3.05, 3.63) is 41.5 Å². The van der Waals surface area contributed by atoms with Crippen molar-refractivity contribution in [1.82, 2.24) is 14.9 Å². The second kappa shape index (κ2) is 8.37. The van der Waals surface area contributed by atoms with Crippen molar-refractivity contribution < 1.29 is 13.9 Å². The molecule has 0 bridgehead atoms. The van der Waals surface area contributed by atoms with E-state index >= 15 is 0 Å². The summed E-state index contributed by atoms with van der Waals surface area (Å²) in [6.07, 6.45) is 5.60. The number of hydrogen-bond donors (Lipinski definition) is 2. The molecule has 0 aliphatic carbocycles. The zero-order valence-corrected chi connectivity index (χ0v) is 16.9. The normalized spacial score (nSPS) is 19.0. The van der Waals surface area contributed by atoms with Crippen LogP contribution < -0.4 is 10.1 Å². The Morgan fingerprint density at radius 2 is 2.14 bits per heavy atom. The average Bonchev–Trinajstić information content (AvgIpc) is 3.28. The number of halogens is 1. The highest BCUT2D eigenvalue weighted by Gasteiger charge is 2.26. The average molecular weight is 398 g/mol. The summed E-state index contributed by atoms with van der Waals surface area (Å²) >= 11 is 0. The number of H-pyrrole nitrogens is 1. The van der Waals surface area contributed by atoms with E-state index in [1.54, 1.807) is 6.20 Å². The van der Waals surface area contributed by atoms with Gasteiger partial charge in [0.05, 0.1) is 23.6 Å². The van der Waals surface area contributed by atoms with Gasteiger partial charge in [-0.25, -0.2) is 9.37 Å². The molecule has 4 rings (SSSR count). The molecule has 0 unspecified atom stereocenters. The summed E-state index contributed by atoms with van der Waals surface area (Å²) in [5, 5.41) is 2.90. The number of carbonyl (C=O) groups excluding carboxylic acids is 1. The van der Waals surface area contributed by atoms with Crippen LogP contribution in [-0.2, 0) is 4.79 Å². The highest BCUT2D eigenvalue weighted by atomic mass is 19.1. The van der Waals surface area contributed by atoms with E-state index in [2.05, 4.69) is 20.2 Å². The van der Waals surface area contributed by atoms with Gasteiger partial charge in [0.2, 0.25) is 0 Å². The lowest BCUT2D eigenvalue weighted by Gasteiger charge is -2.30. The van der Waals surface area contributed by atoms with Crippen molar-refractivity contribution in [3.63, 3.8) is 0 Å². The lowest BCUT2D eigenvalue weighted by Crippen LogP contribution is -2.34. The van der Waals surface area contributed by atoms with Crippen LogP contribution in [-0.4, -0.2) is 53.2 Å². The Hall–Kier alpha value is -2.67. The van der Waals surface area contributed by atoms with Gasteiger partial charge in [-0.05, 0) is 64.1 Å². The second-order valence-electron chi connectivity index (χ2n) is 7.91. The molecule has 1 aromatic heterocycles. The van der Waals surface area contributed by atoms with E-state index in [0.717, 1.165) is 54.4 Å². The maximum absolute atomic E-state index is 12.5. The van der Waals surface area contributed by atoms with E-state index in [1.807, 2.05) is 38.1 Å². The first-order valence-electron chi connectivity index (χ1n) is 10.2. The number of alkyl halides is 1. The fourth-order valence-electron chi connectivity index (χ4n) is 3.99. The van der Waals surface area contributed by atoms with E-state index in [1.165, 1.54) is 0 Å². The van der Waals surface area contributed by atoms with Crippen LogP contribution in [0.4, 0.5) is 10.1 Å². The number of aromatic nitrogens is 2. The quantitative estimate of drug-likeness (QED) is 0.726. The number of hydrogen-bond acceptors (Lipinski definition) is 4. The number of piperidine rings is 1. The molecule has 0 atom stereocenters. The van der Waals surface area contributed by atoms with Gasteiger partial charge >= 0.3 is 0 Å². The predicted molar refractivity (Wildman–Crippen MR) is 112 cm³/mol. The molecule has 7 heteroatoms. The molecule has 1 fully saturated rings. The minimum absolute atomic E-state index is 0.0667. The van der Waals surface area contributed by atoms with Crippen LogP contribution in [0.3, 0.4) is 0 Å². The van der Waals surface area contributed by atoms with Gasteiger partial charge in [-0.1, -0.05) is 0 Å². The number of benzene rings is 1. The Morgan fingerprint density at radius 1 is 1.34 bits per heavy atom. The third kappa shape index (κ3) is 4.34. The van der Waals surface area contributed by atoms with Crippen LogP contribution in [0.5, 0.6) is 5.75 Å². The van der Waals surface area contributed by atoms with E-state index in [4.69, 9.17) is 4.74 Å². The lowest BCUT2D eigenvalue weighted by atomic mass is 9.96. The van der Waals surface area contributed by atoms with Crippen molar-refractivity contribution in [2.45, 2.75) is 38.7 Å². The zero-order valence-electron chi connectivity index (χ0n) is 16.9. The molecule has 0 spiro atoms. The second-order valence-corrected chi connectivity index (χ2v) is 7.91. The maximum Gasteiger partial charge on any atom is 0.256 e. The first-order valence-corrected chi connectivity index (χ1v) is 10.2. The Bertz CT molecular complexity index is 913. The molecule has 0 radical (unpaired) electrons. The van der Waals surface area contributed by atoms with E-state index in [9.17, 15) is 9.18 Å². The van der Waals surface area contributed by atoms with Crippen molar-refractivity contribution in [2.75, 3.05) is 31.6 Å². The predicted octanol–water partition coefficient (Wildman–Crippen LogP) is 3.84. The zero-order chi connectivity index (χ0) is 20.4. The van der Waals surface area contributed by atoms with Gasteiger partial charge < -0.3 is 19.9 Å². The number of nitrogens with zero attached hydrogens (tertiary/aromatic N) is 2. The molecule has 2 aromatic rings. The smallest absolute Gasteiger partial charge is 0.256 e. The summed E-state index contributed by atoms with van der Waals surface area (Å²) in [5.74, 6) is 1.89. The van der Waals surface area contributed by atoms with Gasteiger partial charge in [0.15, 0.2) is 0 Å². The van der Waals surface area contributed by atoms with Gasteiger partial charge in [-0.2, -0.15) is 0 Å². The van der Waals surface area contributed by atoms with Gasteiger partial charge in [0.25, 0.3) is 5.91 Å². The molecule has 1 aromatic carbocycles. The first-order chi connectivity index (χ1) is 14.0. The fourth-order valence-corrected chi connectivity index (χ4v) is 3.99. The molecule has 154 valence electrons. The third-order valence-electron chi connectivity index (χ3n) is 5.44. The number of carbonyl (C=O) groups is 1. The topological polar surface area (TPSA) is 70.2 Å². The van der Waals surface area contributed by atoms with Crippen LogP contribution >= 0.6 is 0 Å². The highest BCUT2D eigenvalue weighted by Crippen LogP contribution is 2.36. The van der Waals surface area contributed by atoms with E-state index in [-0.39, 0.29) is 18.7 Å². The molecule has 1 saturated heterocycles. The number of nitrogens with one attached hydrogen (secondary N) is 2. The number of ether oxygens (including phenoxy) is 1. The SMILES string of the molecule is CC(C)Oc1ccc2c(c1)C(=Cc1cnc(C3CCN(CCF)CC3)[nH]1)C(=O)N2. The minimum atomic E-state index is -0.295. The number of likely N-dealkylation sites (tertiary alicyclic amines) is 1. The van der Waals surface area contributed by atoms with Crippen molar-refractivity contribution in [3.8, 4) is 5.75 Å². The minimum Gasteiger partial charge on any atom is -0.491 e. The number of rotatable bonds is 6. The molecule has 3 heterocycles. The summed E-state index contributed by atoms with van der Waals surface area (Å²) in [7, 11) is 0.